The summed E-state index contributed by atoms with van der Waals surface area (Å²) >= 11 is 11.4. The van der Waals surface area contributed by atoms with Gasteiger partial charge in [0.25, 0.3) is 0 Å². The molecule has 1 aromatic carbocycles. The molecule has 0 aromatic heterocycles. The van der Waals surface area contributed by atoms with Crippen molar-refractivity contribution in [3.05, 3.63) is 33.8 Å². The van der Waals surface area contributed by atoms with Crippen molar-refractivity contribution in [2.75, 3.05) is 0 Å². The largest absolute Gasteiger partial charge is 0.302 e. The number of hydrogen-bond donors (Lipinski definition) is 0. The summed E-state index contributed by atoms with van der Waals surface area (Å²) < 4.78 is 0. The van der Waals surface area contributed by atoms with Crippen molar-refractivity contribution in [2.45, 2.75) is 5.92 Å². The summed E-state index contributed by atoms with van der Waals surface area (Å²) in [6, 6.07) is 6.54. The predicted molar refractivity (Wildman–Crippen MR) is 50.9 cm³/mol. The highest BCUT2D eigenvalue weighted by Gasteiger charge is 2.09. The lowest BCUT2D eigenvalue weighted by atomic mass is 10.0. The Labute approximate surface area is 85.7 Å². The third kappa shape index (κ3) is 2.21. The van der Waals surface area contributed by atoms with Crippen LogP contribution >= 0.6 is 23.2 Å². The smallest absolute Gasteiger partial charge is 0.141 e. The van der Waals surface area contributed by atoms with E-state index in [1.807, 2.05) is 6.07 Å². The summed E-state index contributed by atoms with van der Waals surface area (Å²) in [4.78, 5) is 10.4. The van der Waals surface area contributed by atoms with E-state index in [4.69, 9.17) is 28.5 Å². The molecular formula is C9H5Cl2NO. The van der Waals surface area contributed by atoms with E-state index < -0.39 is 5.92 Å². The number of carbonyl (C=O) groups excluding carboxylic acids is 1. The minimum atomic E-state index is -0.769. The highest BCUT2D eigenvalue weighted by atomic mass is 35.5. The Balaban J connectivity index is 3.11. The average Bonchev–Trinajstić information content (AvgIpc) is 2.13. The molecule has 2 nitrogen and oxygen atoms in total. The van der Waals surface area contributed by atoms with Crippen molar-refractivity contribution < 1.29 is 4.79 Å². The molecule has 0 fully saturated rings. The van der Waals surface area contributed by atoms with Crippen LogP contribution in [0.3, 0.4) is 0 Å². The number of benzene rings is 1. The topological polar surface area (TPSA) is 40.9 Å². The number of hydrogen-bond acceptors (Lipinski definition) is 2. The highest BCUT2D eigenvalue weighted by molar-refractivity contribution is 6.42. The third-order valence-electron chi connectivity index (χ3n) is 1.58. The van der Waals surface area contributed by atoms with Crippen molar-refractivity contribution >= 4 is 29.5 Å². The van der Waals surface area contributed by atoms with Gasteiger partial charge >= 0.3 is 0 Å². The average molecular weight is 214 g/mol. The number of nitriles is 1. The van der Waals surface area contributed by atoms with Gasteiger partial charge in [-0.1, -0.05) is 29.3 Å². The molecule has 0 aliphatic carbocycles. The number of rotatable bonds is 2. The molecule has 0 amide bonds. The van der Waals surface area contributed by atoms with E-state index in [2.05, 4.69) is 0 Å². The third-order valence-corrected chi connectivity index (χ3v) is 2.32. The van der Waals surface area contributed by atoms with E-state index in [0.717, 1.165) is 0 Å². The summed E-state index contributed by atoms with van der Waals surface area (Å²) in [5.41, 5.74) is 0.562. The Morgan fingerprint density at radius 2 is 2.08 bits per heavy atom. The molecule has 66 valence electrons. The van der Waals surface area contributed by atoms with Crippen LogP contribution in [0.1, 0.15) is 11.5 Å². The highest BCUT2D eigenvalue weighted by Crippen LogP contribution is 2.25. The zero-order chi connectivity index (χ0) is 9.84. The van der Waals surface area contributed by atoms with Crippen molar-refractivity contribution in [3.8, 4) is 6.07 Å². The van der Waals surface area contributed by atoms with Crippen molar-refractivity contribution in [2.24, 2.45) is 0 Å². The molecule has 0 N–H and O–H groups in total. The van der Waals surface area contributed by atoms with Gasteiger partial charge in [-0.25, -0.2) is 0 Å². The molecule has 1 unspecified atom stereocenters. The number of carbonyl (C=O) groups is 1. The maximum absolute atomic E-state index is 10.4. The summed E-state index contributed by atoms with van der Waals surface area (Å²) in [5, 5.41) is 9.34. The van der Waals surface area contributed by atoms with Gasteiger partial charge in [-0.15, -0.1) is 0 Å². The second-order valence-electron chi connectivity index (χ2n) is 2.42. The maximum atomic E-state index is 10.4. The molecule has 4 heteroatoms. The van der Waals surface area contributed by atoms with Crippen LogP contribution in [0.25, 0.3) is 0 Å². The first-order valence-electron chi connectivity index (χ1n) is 3.49. The van der Waals surface area contributed by atoms with Crippen LogP contribution in [0.2, 0.25) is 10.0 Å². The summed E-state index contributed by atoms with van der Waals surface area (Å²) in [5.74, 6) is -0.769. The van der Waals surface area contributed by atoms with Crippen LogP contribution in [0.5, 0.6) is 0 Å². The Morgan fingerprint density at radius 3 is 2.54 bits per heavy atom. The van der Waals surface area contributed by atoms with Gasteiger partial charge in [0, 0.05) is 0 Å². The Morgan fingerprint density at radius 1 is 1.38 bits per heavy atom. The van der Waals surface area contributed by atoms with Gasteiger partial charge in [-0.2, -0.15) is 5.26 Å². The van der Waals surface area contributed by atoms with Crippen LogP contribution < -0.4 is 0 Å². The first-order chi connectivity index (χ1) is 6.19. The SMILES string of the molecule is N#CC(C=O)c1ccc(Cl)c(Cl)c1. The van der Waals surface area contributed by atoms with E-state index in [-0.39, 0.29) is 0 Å². The van der Waals surface area contributed by atoms with E-state index in [9.17, 15) is 4.79 Å². The summed E-state index contributed by atoms with van der Waals surface area (Å²) in [6.07, 6.45) is 0.569. The van der Waals surface area contributed by atoms with Crippen molar-refractivity contribution in [1.82, 2.24) is 0 Å². The molecular weight excluding hydrogens is 209 g/mol. The minimum absolute atomic E-state index is 0.348. The van der Waals surface area contributed by atoms with Gasteiger partial charge in [0.1, 0.15) is 12.2 Å². The molecule has 0 spiro atoms. The zero-order valence-corrected chi connectivity index (χ0v) is 8.01. The summed E-state index contributed by atoms with van der Waals surface area (Å²) in [6.45, 7) is 0. The Kier molecular flexibility index (Phi) is 3.30. The number of aldehydes is 1. The standard InChI is InChI=1S/C9H5Cl2NO/c10-8-2-1-6(3-9(8)11)7(4-12)5-13/h1-3,5,7H. The Bertz CT molecular complexity index is 370. The zero-order valence-electron chi connectivity index (χ0n) is 6.50. The number of halogens is 2. The second kappa shape index (κ2) is 4.27. The lowest BCUT2D eigenvalue weighted by molar-refractivity contribution is -0.108. The molecule has 0 saturated carbocycles. The fourth-order valence-corrected chi connectivity index (χ4v) is 1.20. The fourth-order valence-electron chi connectivity index (χ4n) is 0.889. The molecule has 0 saturated heterocycles. The second-order valence-corrected chi connectivity index (χ2v) is 3.23. The van der Waals surface area contributed by atoms with Gasteiger partial charge in [0.15, 0.2) is 0 Å². The Hall–Kier alpha value is -1.04. The first-order valence-corrected chi connectivity index (χ1v) is 4.24. The molecule has 0 bridgehead atoms. The van der Waals surface area contributed by atoms with Crippen molar-refractivity contribution in [3.63, 3.8) is 0 Å². The van der Waals surface area contributed by atoms with E-state index >= 15 is 0 Å². The van der Waals surface area contributed by atoms with Gasteiger partial charge in [-0.05, 0) is 17.7 Å². The van der Waals surface area contributed by atoms with E-state index in [1.165, 1.54) is 6.07 Å². The predicted octanol–water partition coefficient (Wildman–Crippen LogP) is 2.80. The molecule has 1 atom stereocenters. The monoisotopic (exact) mass is 213 g/mol. The van der Waals surface area contributed by atoms with Gasteiger partial charge in [0.2, 0.25) is 0 Å². The van der Waals surface area contributed by atoms with Crippen LogP contribution in [-0.2, 0) is 4.79 Å². The first kappa shape index (κ1) is 10.0. The molecule has 13 heavy (non-hydrogen) atoms. The molecule has 0 aliphatic rings. The molecule has 1 rings (SSSR count). The quantitative estimate of drug-likeness (QED) is 0.710. The maximum Gasteiger partial charge on any atom is 0.141 e. The van der Waals surface area contributed by atoms with Gasteiger partial charge < -0.3 is 4.79 Å². The van der Waals surface area contributed by atoms with Crippen LogP contribution in [0, 0.1) is 11.3 Å². The van der Waals surface area contributed by atoms with E-state index in [0.29, 0.717) is 21.9 Å². The lowest BCUT2D eigenvalue weighted by Crippen LogP contribution is -1.96. The van der Waals surface area contributed by atoms with Gasteiger partial charge in [-0.3, -0.25) is 0 Å². The molecule has 0 radical (unpaired) electrons. The summed E-state index contributed by atoms with van der Waals surface area (Å²) in [7, 11) is 0. The minimum Gasteiger partial charge on any atom is -0.302 e. The number of nitrogens with zero attached hydrogens (tertiary/aromatic N) is 1. The molecule has 1 aromatic rings. The van der Waals surface area contributed by atoms with Crippen LogP contribution in [-0.4, -0.2) is 6.29 Å². The van der Waals surface area contributed by atoms with Gasteiger partial charge in [0.05, 0.1) is 16.1 Å². The van der Waals surface area contributed by atoms with Crippen molar-refractivity contribution in [1.29, 1.82) is 5.26 Å². The van der Waals surface area contributed by atoms with Crippen LogP contribution in [0.4, 0.5) is 0 Å². The molecule has 0 aliphatic heterocycles. The van der Waals surface area contributed by atoms with E-state index in [1.54, 1.807) is 12.1 Å². The lowest BCUT2D eigenvalue weighted by Gasteiger charge is -2.02. The van der Waals surface area contributed by atoms with Crippen LogP contribution in [0.15, 0.2) is 18.2 Å². The molecule has 0 heterocycles. The fraction of sp³-hybridized carbons (Fsp3) is 0.111. The normalized spacial score (nSPS) is 11.8.